The number of benzene rings is 1. The summed E-state index contributed by atoms with van der Waals surface area (Å²) in [6, 6.07) is 10.7. The molecule has 1 atom stereocenters. The number of thiophene rings is 1. The van der Waals surface area contributed by atoms with Crippen LogP contribution in [-0.2, 0) is 23.3 Å². The van der Waals surface area contributed by atoms with Crippen LogP contribution < -0.4 is 5.32 Å². The molecule has 3 aromatic rings. The summed E-state index contributed by atoms with van der Waals surface area (Å²) in [5.41, 5.74) is 0.768. The monoisotopic (exact) mass is 480 g/mol. The SMILES string of the molecule is Cc1cc(C(=O)CN2C(=O)NC(C)(c3cccc([N+](=O)[O-])c3)C2=O)c(C)n1CCc1cccs1. The Labute approximate surface area is 200 Å². The maximum Gasteiger partial charge on any atom is 0.325 e. The second-order valence-corrected chi connectivity index (χ2v) is 9.48. The van der Waals surface area contributed by atoms with Crippen LogP contribution in [0.4, 0.5) is 10.5 Å². The van der Waals surface area contributed by atoms with E-state index in [2.05, 4.69) is 16.0 Å². The van der Waals surface area contributed by atoms with Crippen LogP contribution in [0.5, 0.6) is 0 Å². The Morgan fingerprint density at radius 2 is 1.94 bits per heavy atom. The number of nitrogens with zero attached hydrogens (tertiary/aromatic N) is 3. The molecule has 1 aliphatic heterocycles. The second kappa shape index (κ2) is 8.86. The van der Waals surface area contributed by atoms with Crippen molar-refractivity contribution < 1.29 is 19.3 Å². The minimum absolute atomic E-state index is 0.190. The van der Waals surface area contributed by atoms with Crippen molar-refractivity contribution in [3.8, 4) is 0 Å². The number of urea groups is 1. The summed E-state index contributed by atoms with van der Waals surface area (Å²) < 4.78 is 2.06. The number of nitrogens with one attached hydrogen (secondary N) is 1. The van der Waals surface area contributed by atoms with Crippen LogP contribution >= 0.6 is 11.3 Å². The van der Waals surface area contributed by atoms with Crippen molar-refractivity contribution in [2.24, 2.45) is 0 Å². The molecule has 176 valence electrons. The molecule has 10 heteroatoms. The van der Waals surface area contributed by atoms with Crippen LogP contribution in [0.3, 0.4) is 0 Å². The Morgan fingerprint density at radius 3 is 2.62 bits per heavy atom. The fourth-order valence-electron chi connectivity index (χ4n) is 4.30. The average molecular weight is 481 g/mol. The van der Waals surface area contributed by atoms with Crippen molar-refractivity contribution >= 4 is 34.7 Å². The van der Waals surface area contributed by atoms with Crippen LogP contribution in [0.25, 0.3) is 0 Å². The average Bonchev–Trinajstić information content (AvgIpc) is 3.48. The highest BCUT2D eigenvalue weighted by molar-refractivity contribution is 7.09. The lowest BCUT2D eigenvalue weighted by atomic mass is 9.91. The molecule has 3 heterocycles. The van der Waals surface area contributed by atoms with E-state index in [1.807, 2.05) is 25.3 Å². The van der Waals surface area contributed by atoms with Crippen molar-refractivity contribution in [2.45, 2.75) is 39.3 Å². The Hall–Kier alpha value is -3.79. The van der Waals surface area contributed by atoms with E-state index in [-0.39, 0.29) is 17.0 Å². The summed E-state index contributed by atoms with van der Waals surface area (Å²) >= 11 is 1.68. The number of aromatic nitrogens is 1. The largest absolute Gasteiger partial charge is 0.348 e. The van der Waals surface area contributed by atoms with Gasteiger partial charge in [0.15, 0.2) is 5.78 Å². The highest BCUT2D eigenvalue weighted by Crippen LogP contribution is 2.31. The van der Waals surface area contributed by atoms with Gasteiger partial charge in [0, 0.05) is 40.5 Å². The minimum Gasteiger partial charge on any atom is -0.348 e. The maximum atomic E-state index is 13.2. The van der Waals surface area contributed by atoms with Crippen LogP contribution in [0.15, 0.2) is 47.8 Å². The number of imide groups is 1. The Bertz CT molecular complexity index is 1300. The Balaban J connectivity index is 1.53. The Kier molecular flexibility index (Phi) is 6.09. The molecule has 1 saturated heterocycles. The van der Waals surface area contributed by atoms with E-state index in [1.54, 1.807) is 17.4 Å². The first-order chi connectivity index (χ1) is 16.1. The third kappa shape index (κ3) is 4.12. The summed E-state index contributed by atoms with van der Waals surface area (Å²) in [5, 5.41) is 15.8. The van der Waals surface area contributed by atoms with Gasteiger partial charge in [-0.3, -0.25) is 24.6 Å². The lowest BCUT2D eigenvalue weighted by Crippen LogP contribution is -2.41. The first-order valence-electron chi connectivity index (χ1n) is 10.7. The summed E-state index contributed by atoms with van der Waals surface area (Å²) in [7, 11) is 0. The number of ketones is 1. The first-order valence-corrected chi connectivity index (χ1v) is 11.6. The quantitative estimate of drug-likeness (QED) is 0.227. The zero-order valence-electron chi connectivity index (χ0n) is 19.0. The number of Topliss-reactive ketones (excluding diaryl/α,β-unsaturated/α-hetero) is 1. The molecule has 1 N–H and O–H groups in total. The van der Waals surface area contributed by atoms with E-state index >= 15 is 0 Å². The highest BCUT2D eigenvalue weighted by Gasteiger charge is 2.50. The summed E-state index contributed by atoms with van der Waals surface area (Å²) in [4.78, 5) is 51.7. The van der Waals surface area contributed by atoms with Gasteiger partial charge in [0.1, 0.15) is 5.54 Å². The number of carbonyl (C=O) groups excluding carboxylic acids is 3. The van der Waals surface area contributed by atoms with Crippen LogP contribution in [0, 0.1) is 24.0 Å². The van der Waals surface area contributed by atoms with E-state index in [9.17, 15) is 24.5 Å². The molecule has 4 rings (SSSR count). The van der Waals surface area contributed by atoms with Gasteiger partial charge in [-0.15, -0.1) is 11.3 Å². The lowest BCUT2D eigenvalue weighted by Gasteiger charge is -2.22. The molecule has 1 fully saturated rings. The normalized spacial score (nSPS) is 17.8. The number of nitro benzene ring substituents is 1. The molecule has 1 aliphatic rings. The lowest BCUT2D eigenvalue weighted by molar-refractivity contribution is -0.385. The number of amides is 3. The number of carbonyl (C=O) groups is 3. The molecule has 9 nitrogen and oxygen atoms in total. The number of rotatable bonds is 8. The van der Waals surface area contributed by atoms with Gasteiger partial charge in [-0.2, -0.15) is 0 Å². The van der Waals surface area contributed by atoms with Gasteiger partial charge in [0.05, 0.1) is 11.5 Å². The van der Waals surface area contributed by atoms with Crippen LogP contribution in [-0.4, -0.2) is 38.7 Å². The molecule has 0 bridgehead atoms. The molecular formula is C24H24N4O5S. The topological polar surface area (TPSA) is 115 Å². The molecule has 0 radical (unpaired) electrons. The molecule has 0 saturated carbocycles. The molecule has 0 spiro atoms. The maximum absolute atomic E-state index is 13.2. The van der Waals surface area contributed by atoms with Gasteiger partial charge in [-0.25, -0.2) is 4.79 Å². The first kappa shape index (κ1) is 23.4. The molecule has 3 amide bonds. The van der Waals surface area contributed by atoms with Crippen molar-refractivity contribution in [3.63, 3.8) is 0 Å². The zero-order valence-corrected chi connectivity index (χ0v) is 19.8. The van der Waals surface area contributed by atoms with Crippen LogP contribution in [0.1, 0.15) is 39.1 Å². The summed E-state index contributed by atoms with van der Waals surface area (Å²) in [5.74, 6) is -0.972. The molecule has 1 aromatic carbocycles. The predicted octanol–water partition coefficient (Wildman–Crippen LogP) is 3.97. The fourth-order valence-corrected chi connectivity index (χ4v) is 5.00. The third-order valence-corrected chi connectivity index (χ3v) is 7.18. The van der Waals surface area contributed by atoms with Gasteiger partial charge in [-0.05, 0) is 50.3 Å². The fraction of sp³-hybridized carbons (Fsp3) is 0.292. The Morgan fingerprint density at radius 1 is 1.18 bits per heavy atom. The zero-order chi connectivity index (χ0) is 24.6. The summed E-state index contributed by atoms with van der Waals surface area (Å²) in [6.45, 7) is 5.57. The molecule has 0 aliphatic carbocycles. The van der Waals surface area contributed by atoms with Gasteiger partial charge < -0.3 is 9.88 Å². The van der Waals surface area contributed by atoms with E-state index < -0.39 is 28.9 Å². The van der Waals surface area contributed by atoms with Crippen molar-refractivity contribution in [2.75, 3.05) is 6.54 Å². The van der Waals surface area contributed by atoms with E-state index in [0.29, 0.717) is 5.56 Å². The van der Waals surface area contributed by atoms with Crippen molar-refractivity contribution in [1.29, 1.82) is 0 Å². The second-order valence-electron chi connectivity index (χ2n) is 8.44. The van der Waals surface area contributed by atoms with Gasteiger partial charge in [-0.1, -0.05) is 18.2 Å². The standard InChI is InChI=1S/C24H24N4O5S/c1-15-12-20(16(2)26(15)10-9-19-8-5-11-34-19)21(29)14-27-22(30)24(3,25-23(27)31)17-6-4-7-18(13-17)28(32)33/h4-8,11-13H,9-10,14H2,1-3H3,(H,25,31). The van der Waals surface area contributed by atoms with Crippen molar-refractivity contribution in [1.82, 2.24) is 14.8 Å². The number of aryl methyl sites for hydroxylation is 2. The number of hydrogen-bond acceptors (Lipinski definition) is 6. The molecule has 2 aromatic heterocycles. The smallest absolute Gasteiger partial charge is 0.325 e. The number of nitro groups is 1. The molecule has 34 heavy (non-hydrogen) atoms. The van der Waals surface area contributed by atoms with E-state index in [4.69, 9.17) is 0 Å². The van der Waals surface area contributed by atoms with Gasteiger partial charge >= 0.3 is 6.03 Å². The third-order valence-electron chi connectivity index (χ3n) is 6.25. The minimum atomic E-state index is -1.50. The molecular weight excluding hydrogens is 456 g/mol. The number of non-ortho nitro benzene ring substituents is 1. The van der Waals surface area contributed by atoms with Crippen molar-refractivity contribution in [3.05, 3.63) is 85.4 Å². The van der Waals surface area contributed by atoms with Gasteiger partial charge in [0.25, 0.3) is 11.6 Å². The number of hydrogen-bond donors (Lipinski definition) is 1. The molecule has 1 unspecified atom stereocenters. The highest BCUT2D eigenvalue weighted by atomic mass is 32.1. The van der Waals surface area contributed by atoms with Crippen LogP contribution in [0.2, 0.25) is 0 Å². The van der Waals surface area contributed by atoms with E-state index in [1.165, 1.54) is 36.1 Å². The van der Waals surface area contributed by atoms with E-state index in [0.717, 1.165) is 29.3 Å². The predicted molar refractivity (Wildman–Crippen MR) is 127 cm³/mol. The van der Waals surface area contributed by atoms with Gasteiger partial charge in [0.2, 0.25) is 0 Å². The summed E-state index contributed by atoms with van der Waals surface area (Å²) in [6.07, 6.45) is 0.843.